The monoisotopic (exact) mass is 354 g/mol. The van der Waals surface area contributed by atoms with Crippen LogP contribution in [0.1, 0.15) is 23.5 Å². The van der Waals surface area contributed by atoms with E-state index in [9.17, 15) is 4.79 Å². The largest absolute Gasteiger partial charge is 0.487 e. The maximum absolute atomic E-state index is 10.9. The molecule has 0 saturated carbocycles. The Hall–Kier alpha value is -1.82. The molecule has 1 aromatic carbocycles. The van der Waals surface area contributed by atoms with Gasteiger partial charge in [-0.15, -0.1) is 0 Å². The van der Waals surface area contributed by atoms with Gasteiger partial charge in [0.15, 0.2) is 0 Å². The number of carboxylic acids is 1. The summed E-state index contributed by atoms with van der Waals surface area (Å²) in [7, 11) is 0. The lowest BCUT2D eigenvalue weighted by atomic mass is 9.96. The van der Waals surface area contributed by atoms with E-state index in [0.29, 0.717) is 15.8 Å². The zero-order chi connectivity index (χ0) is 16.8. The van der Waals surface area contributed by atoms with Gasteiger partial charge in [-0.25, -0.2) is 0 Å². The summed E-state index contributed by atoms with van der Waals surface area (Å²) in [5, 5.41) is 9.89. The summed E-state index contributed by atoms with van der Waals surface area (Å²) in [6.07, 6.45) is 3.11. The number of hydrogen-bond acceptors (Lipinski definition) is 4. The first kappa shape index (κ1) is 17.5. The molecule has 0 aliphatic carbocycles. The average molecular weight is 355 g/mol. The third kappa shape index (κ3) is 4.82. The molecule has 1 aromatic heterocycles. The van der Waals surface area contributed by atoms with Crippen LogP contribution in [0.15, 0.2) is 36.7 Å². The minimum Gasteiger partial charge on any atom is -0.487 e. The van der Waals surface area contributed by atoms with Crippen LogP contribution in [-0.4, -0.2) is 22.6 Å². The van der Waals surface area contributed by atoms with Gasteiger partial charge in [-0.2, -0.15) is 0 Å². The fourth-order valence-electron chi connectivity index (χ4n) is 2.11. The fraction of sp³-hybridized carbons (Fsp3) is 0.250. The molecule has 0 unspecified atom stereocenters. The van der Waals surface area contributed by atoms with Crippen LogP contribution < -0.4 is 10.5 Å². The average Bonchev–Trinajstić information content (AvgIpc) is 2.53. The Morgan fingerprint density at radius 3 is 2.74 bits per heavy atom. The Morgan fingerprint density at radius 2 is 2.09 bits per heavy atom. The van der Waals surface area contributed by atoms with Crippen molar-refractivity contribution < 1.29 is 14.6 Å². The van der Waals surface area contributed by atoms with Crippen LogP contribution in [0.5, 0.6) is 5.75 Å². The molecule has 0 fully saturated rings. The molecule has 122 valence electrons. The predicted molar refractivity (Wildman–Crippen MR) is 89.1 cm³/mol. The summed E-state index contributed by atoms with van der Waals surface area (Å²) in [5.41, 5.74) is 7.22. The van der Waals surface area contributed by atoms with E-state index in [1.165, 1.54) is 6.20 Å². The molecule has 23 heavy (non-hydrogen) atoms. The number of nitrogens with zero attached hydrogens (tertiary/aromatic N) is 1. The number of nitrogens with two attached hydrogens (primary N) is 1. The van der Waals surface area contributed by atoms with Crippen LogP contribution in [0.2, 0.25) is 10.0 Å². The topological polar surface area (TPSA) is 85.4 Å². The first-order chi connectivity index (χ1) is 11.0. The Morgan fingerprint density at radius 1 is 1.30 bits per heavy atom. The molecule has 1 atom stereocenters. The lowest BCUT2D eigenvalue weighted by Gasteiger charge is -2.15. The highest BCUT2D eigenvalue weighted by atomic mass is 35.5. The smallest absolute Gasteiger partial charge is 0.304 e. The Balaban J connectivity index is 2.17. The van der Waals surface area contributed by atoms with E-state index < -0.39 is 5.97 Å². The van der Waals surface area contributed by atoms with E-state index in [2.05, 4.69) is 4.98 Å². The molecule has 0 saturated heterocycles. The maximum Gasteiger partial charge on any atom is 0.304 e. The molecule has 5 nitrogen and oxygen atoms in total. The first-order valence-corrected chi connectivity index (χ1v) is 7.69. The third-order valence-corrected chi connectivity index (χ3v) is 4.02. The third-order valence-electron chi connectivity index (χ3n) is 3.37. The second kappa shape index (κ2) is 8.15. The van der Waals surface area contributed by atoms with Gasteiger partial charge in [0.25, 0.3) is 0 Å². The normalized spacial score (nSPS) is 12.0. The zero-order valence-electron chi connectivity index (χ0n) is 12.2. The van der Waals surface area contributed by atoms with Gasteiger partial charge in [-0.1, -0.05) is 29.3 Å². The van der Waals surface area contributed by atoms with Crippen LogP contribution in [0.4, 0.5) is 0 Å². The summed E-state index contributed by atoms with van der Waals surface area (Å²) in [4.78, 5) is 14.8. The van der Waals surface area contributed by atoms with Crippen LogP contribution in [0.3, 0.4) is 0 Å². The predicted octanol–water partition coefficient (Wildman–Crippen LogP) is 3.48. The maximum atomic E-state index is 10.9. The number of rotatable bonds is 7. The summed E-state index contributed by atoms with van der Waals surface area (Å²) < 4.78 is 5.71. The van der Waals surface area contributed by atoms with Crippen LogP contribution >= 0.6 is 23.2 Å². The zero-order valence-corrected chi connectivity index (χ0v) is 13.7. The first-order valence-electron chi connectivity index (χ1n) is 6.93. The number of carbonyl (C=O) groups is 1. The van der Waals surface area contributed by atoms with E-state index in [0.717, 1.165) is 11.1 Å². The molecular weight excluding hydrogens is 339 g/mol. The molecule has 3 N–H and O–H groups in total. The Kier molecular flexibility index (Phi) is 6.21. The SMILES string of the molecule is NC[C@H](CC(=O)O)c1ccc(Cl)c(OCc2ccncc2Cl)c1. The van der Waals surface area contributed by atoms with Gasteiger partial charge in [-0.05, 0) is 30.3 Å². The van der Waals surface area contributed by atoms with Gasteiger partial charge in [-0.3, -0.25) is 9.78 Å². The van der Waals surface area contributed by atoms with Gasteiger partial charge in [0.05, 0.1) is 16.5 Å². The van der Waals surface area contributed by atoms with Crippen molar-refractivity contribution in [1.82, 2.24) is 4.98 Å². The number of carboxylic acid groups (broad SMARTS) is 1. The quantitative estimate of drug-likeness (QED) is 0.794. The standard InChI is InChI=1S/C16H16Cl2N2O3/c17-13-2-1-10(12(7-19)6-16(21)22)5-15(13)23-9-11-3-4-20-8-14(11)18/h1-5,8,12H,6-7,9,19H2,(H,21,22)/t12-/m0/s1. The molecule has 0 aliphatic rings. The van der Waals surface area contributed by atoms with Gasteiger partial charge in [0.1, 0.15) is 12.4 Å². The molecular formula is C16H16Cl2N2O3. The van der Waals surface area contributed by atoms with Crippen molar-refractivity contribution in [3.63, 3.8) is 0 Å². The minimum atomic E-state index is -0.901. The summed E-state index contributed by atoms with van der Waals surface area (Å²) >= 11 is 12.2. The number of hydrogen-bond donors (Lipinski definition) is 2. The molecule has 0 spiro atoms. The number of ether oxygens (including phenoxy) is 1. The van der Waals surface area contributed by atoms with Crippen LogP contribution in [0.25, 0.3) is 0 Å². The summed E-state index contributed by atoms with van der Waals surface area (Å²) in [5.74, 6) is -0.737. The molecule has 2 aromatic rings. The second-order valence-electron chi connectivity index (χ2n) is 4.98. The van der Waals surface area contributed by atoms with E-state index in [1.54, 1.807) is 30.5 Å². The highest BCUT2D eigenvalue weighted by Gasteiger charge is 2.16. The number of aliphatic carboxylic acids is 1. The van der Waals surface area contributed by atoms with E-state index >= 15 is 0 Å². The Labute approximate surface area is 144 Å². The van der Waals surface area contributed by atoms with Crippen molar-refractivity contribution in [2.75, 3.05) is 6.54 Å². The molecule has 0 aliphatic heterocycles. The molecule has 0 bridgehead atoms. The summed E-state index contributed by atoms with van der Waals surface area (Å²) in [6, 6.07) is 6.91. The molecule has 1 heterocycles. The van der Waals surface area contributed by atoms with Gasteiger partial charge in [0, 0.05) is 23.9 Å². The minimum absolute atomic E-state index is 0.0479. The number of halogens is 2. The van der Waals surface area contributed by atoms with E-state index in [1.807, 2.05) is 0 Å². The van der Waals surface area contributed by atoms with Gasteiger partial charge in [0.2, 0.25) is 0 Å². The van der Waals surface area contributed by atoms with Crippen molar-refractivity contribution in [1.29, 1.82) is 0 Å². The van der Waals surface area contributed by atoms with E-state index in [4.69, 9.17) is 38.8 Å². The van der Waals surface area contributed by atoms with Crippen molar-refractivity contribution >= 4 is 29.2 Å². The number of aromatic nitrogens is 1. The molecule has 2 rings (SSSR count). The lowest BCUT2D eigenvalue weighted by molar-refractivity contribution is -0.137. The number of benzene rings is 1. The molecule has 0 amide bonds. The summed E-state index contributed by atoms with van der Waals surface area (Å²) in [6.45, 7) is 0.459. The number of pyridine rings is 1. The van der Waals surface area contributed by atoms with Crippen LogP contribution in [-0.2, 0) is 11.4 Å². The van der Waals surface area contributed by atoms with Crippen molar-refractivity contribution in [3.05, 3.63) is 57.8 Å². The van der Waals surface area contributed by atoms with Crippen LogP contribution in [0, 0.1) is 0 Å². The van der Waals surface area contributed by atoms with E-state index in [-0.39, 0.29) is 25.5 Å². The Bertz CT molecular complexity index is 695. The van der Waals surface area contributed by atoms with Crippen molar-refractivity contribution in [2.45, 2.75) is 18.9 Å². The molecule has 7 heteroatoms. The van der Waals surface area contributed by atoms with Gasteiger partial charge < -0.3 is 15.6 Å². The van der Waals surface area contributed by atoms with Crippen molar-refractivity contribution in [2.24, 2.45) is 5.73 Å². The van der Waals surface area contributed by atoms with Gasteiger partial charge >= 0.3 is 5.97 Å². The lowest BCUT2D eigenvalue weighted by Crippen LogP contribution is -2.16. The van der Waals surface area contributed by atoms with Crippen molar-refractivity contribution in [3.8, 4) is 5.75 Å². The highest BCUT2D eigenvalue weighted by Crippen LogP contribution is 2.31. The fourth-order valence-corrected chi connectivity index (χ4v) is 2.46. The highest BCUT2D eigenvalue weighted by molar-refractivity contribution is 6.32. The second-order valence-corrected chi connectivity index (χ2v) is 5.79. The molecule has 0 radical (unpaired) electrons.